The molecule has 0 amide bonds. The number of benzene rings is 2. The maximum atomic E-state index is 13.5. The van der Waals surface area contributed by atoms with Gasteiger partial charge in [0.15, 0.2) is 0 Å². The Labute approximate surface area is 286 Å². The topological polar surface area (TPSA) is 110 Å². The molecule has 0 unspecified atom stereocenters. The number of nitrogens with zero attached hydrogens (tertiary/aromatic N) is 3. The SMILES string of the molecule is CC(C)(C)c1cc(C=NC(C)(C)C(C)(C)N=Cc2cc(C(C)(C)C)cc(C(C)(C)C)c2[O-])c([O-])c(C(C)(C)C)c1.[Cl-].[N-]=O.[Ru+4]. The van der Waals surface area contributed by atoms with Crippen LogP contribution in [-0.4, -0.2) is 23.5 Å². The zero-order valence-electron chi connectivity index (χ0n) is 29.8. The van der Waals surface area contributed by atoms with Gasteiger partial charge in [-0.3, -0.25) is 9.98 Å². The normalized spacial score (nSPS) is 13.3. The second-order valence-electron chi connectivity index (χ2n) is 16.5. The van der Waals surface area contributed by atoms with Gasteiger partial charge in [0.25, 0.3) is 0 Å². The molecule has 6 nitrogen and oxygen atoms in total. The molecule has 246 valence electrons. The molecular formula is C36H54ClN3O3Ru. The van der Waals surface area contributed by atoms with E-state index in [2.05, 4.69) is 95.2 Å². The summed E-state index contributed by atoms with van der Waals surface area (Å²) in [6.07, 6.45) is 3.45. The van der Waals surface area contributed by atoms with E-state index in [1.54, 1.807) is 12.4 Å². The van der Waals surface area contributed by atoms with Gasteiger partial charge in [-0.15, -0.1) is 0 Å². The number of aliphatic imine (C=N–C) groups is 2. The first-order valence-corrected chi connectivity index (χ1v) is 14.7. The monoisotopic (exact) mass is 713 g/mol. The molecule has 0 aliphatic carbocycles. The average Bonchev–Trinajstić information content (AvgIpc) is 2.81. The molecule has 0 atom stereocenters. The van der Waals surface area contributed by atoms with Gasteiger partial charge in [0.05, 0.1) is 11.1 Å². The van der Waals surface area contributed by atoms with Crippen LogP contribution in [0.3, 0.4) is 0 Å². The third kappa shape index (κ3) is 10.8. The molecule has 0 aromatic heterocycles. The molecule has 2 aromatic rings. The minimum absolute atomic E-state index is 0. The van der Waals surface area contributed by atoms with E-state index in [0.29, 0.717) is 11.1 Å². The van der Waals surface area contributed by atoms with E-state index in [4.69, 9.17) is 20.5 Å². The van der Waals surface area contributed by atoms with E-state index in [1.165, 1.54) is 0 Å². The van der Waals surface area contributed by atoms with Gasteiger partial charge in [0.2, 0.25) is 0 Å². The Morgan fingerprint density at radius 3 is 0.977 bits per heavy atom. The van der Waals surface area contributed by atoms with Crippen molar-refractivity contribution in [1.29, 1.82) is 0 Å². The Kier molecular flexibility index (Phi) is 15.0. The molecule has 0 fully saturated rings. The van der Waals surface area contributed by atoms with Gasteiger partial charge in [-0.1, -0.05) is 119 Å². The largest absolute Gasteiger partial charge is 4.00 e. The number of nitroso groups, excluding NO2 is 1. The fourth-order valence-electron chi connectivity index (χ4n) is 4.25. The second-order valence-corrected chi connectivity index (χ2v) is 16.5. The summed E-state index contributed by atoms with van der Waals surface area (Å²) in [5.74, 6) is 0.0390. The number of rotatable bonds is 5. The predicted octanol–water partition coefficient (Wildman–Crippen LogP) is 5.44. The Bertz CT molecular complexity index is 1220. The average molecular weight is 713 g/mol. The zero-order chi connectivity index (χ0) is 33.3. The van der Waals surface area contributed by atoms with E-state index in [-0.39, 0.29) is 65.0 Å². The van der Waals surface area contributed by atoms with Crippen molar-refractivity contribution in [2.24, 2.45) is 9.98 Å². The van der Waals surface area contributed by atoms with Gasteiger partial charge < -0.3 is 33.1 Å². The molecule has 2 rings (SSSR count). The summed E-state index contributed by atoms with van der Waals surface area (Å²) in [5.41, 5.74) is 8.74. The Hall–Kier alpha value is -2.11. The van der Waals surface area contributed by atoms with Crippen LogP contribution in [0.1, 0.15) is 144 Å². The summed E-state index contributed by atoms with van der Waals surface area (Å²) in [7, 11) is 0. The molecule has 0 heterocycles. The molecule has 0 N–H and O–H groups in total. The van der Waals surface area contributed by atoms with Crippen LogP contribution in [0.4, 0.5) is 0 Å². The Morgan fingerprint density at radius 1 is 0.523 bits per heavy atom. The first kappa shape index (κ1) is 44.0. The second kappa shape index (κ2) is 15.0. The minimum Gasteiger partial charge on any atom is -1.00 e. The number of halogens is 1. The van der Waals surface area contributed by atoms with Crippen LogP contribution in [0.15, 0.2) is 34.3 Å². The van der Waals surface area contributed by atoms with Crippen molar-refractivity contribution < 1.29 is 42.1 Å². The molecule has 8 heteroatoms. The minimum atomic E-state index is -0.646. The first-order chi connectivity index (χ1) is 18.7. The molecular weight excluding hydrogens is 659 g/mol. The first-order valence-electron chi connectivity index (χ1n) is 14.7. The third-order valence-corrected chi connectivity index (χ3v) is 8.13. The van der Waals surface area contributed by atoms with Gasteiger partial charge in [0.1, 0.15) is 0 Å². The molecule has 0 saturated heterocycles. The maximum Gasteiger partial charge on any atom is 4.00 e. The molecule has 0 spiro atoms. The smallest absolute Gasteiger partial charge is 1.00 e. The van der Waals surface area contributed by atoms with Crippen LogP contribution in [0, 0.1) is 4.91 Å². The standard InChI is InChI=1S/C36H56N2O2.ClH.NO.Ru/c1-31(2,3)25-17-23(29(39)27(19-25)33(7,8)9)21-37-35(13,14)36(15,16)38-22-24-18-26(32(4,5)6)20-28(30(24)40)34(10,11)12;;1-2;/h17-22,39-40H,1-16H3;1H;;/q;;-1;+4/p-3. The van der Waals surface area contributed by atoms with Gasteiger partial charge in [0, 0.05) is 12.4 Å². The van der Waals surface area contributed by atoms with Crippen molar-refractivity contribution in [1.82, 2.24) is 0 Å². The maximum absolute atomic E-state index is 13.5. The van der Waals surface area contributed by atoms with Crippen LogP contribution in [-0.2, 0) is 41.1 Å². The number of hydrogen-bond donors (Lipinski definition) is 0. The van der Waals surface area contributed by atoms with Gasteiger partial charge in [-0.25, -0.2) is 0 Å². The molecule has 44 heavy (non-hydrogen) atoms. The van der Waals surface area contributed by atoms with Crippen molar-refractivity contribution in [2.45, 2.75) is 144 Å². The molecule has 0 aliphatic heterocycles. The van der Waals surface area contributed by atoms with Crippen molar-refractivity contribution in [3.63, 3.8) is 0 Å². The molecule has 0 bridgehead atoms. The molecule has 2 aromatic carbocycles. The molecule has 0 aliphatic rings. The Morgan fingerprint density at radius 2 is 0.773 bits per heavy atom. The van der Waals surface area contributed by atoms with Gasteiger partial charge in [-0.2, -0.15) is 0 Å². The fourth-order valence-corrected chi connectivity index (χ4v) is 4.25. The summed E-state index contributed by atoms with van der Waals surface area (Å²) in [5, 5.41) is 27.0. The van der Waals surface area contributed by atoms with Crippen LogP contribution in [0.25, 0.3) is 5.59 Å². The van der Waals surface area contributed by atoms with Crippen molar-refractivity contribution in [3.05, 3.63) is 68.1 Å². The quantitative estimate of drug-likeness (QED) is 0.304. The molecule has 0 saturated carbocycles. The summed E-state index contributed by atoms with van der Waals surface area (Å²) in [4.78, 5) is 17.1. The fraction of sp³-hybridized carbons (Fsp3) is 0.611. The number of hydrogen-bond acceptors (Lipinski definition) is 5. The van der Waals surface area contributed by atoms with E-state index < -0.39 is 11.1 Å². The van der Waals surface area contributed by atoms with Crippen LogP contribution < -0.4 is 22.6 Å². The zero-order valence-corrected chi connectivity index (χ0v) is 32.3. The summed E-state index contributed by atoms with van der Waals surface area (Å²) in [6, 6.07) is 8.06. The van der Waals surface area contributed by atoms with Crippen molar-refractivity contribution >= 4 is 12.4 Å². The van der Waals surface area contributed by atoms with Crippen molar-refractivity contribution in [2.75, 3.05) is 0 Å². The van der Waals surface area contributed by atoms with Crippen molar-refractivity contribution in [3.8, 4) is 11.5 Å². The summed E-state index contributed by atoms with van der Waals surface area (Å²) >= 11 is 0. The van der Waals surface area contributed by atoms with Crippen LogP contribution >= 0.6 is 0 Å². The van der Waals surface area contributed by atoms with Gasteiger partial charge >= 0.3 is 19.5 Å². The summed E-state index contributed by atoms with van der Waals surface area (Å²) < 4.78 is 0. The third-order valence-electron chi connectivity index (χ3n) is 8.13. The van der Waals surface area contributed by atoms with Crippen LogP contribution in [0.5, 0.6) is 11.5 Å². The van der Waals surface area contributed by atoms with Crippen LogP contribution in [0.2, 0.25) is 0 Å². The van der Waals surface area contributed by atoms with Gasteiger partial charge in [-0.05, 0) is 82.7 Å². The summed E-state index contributed by atoms with van der Waals surface area (Å²) in [6.45, 7) is 33.5. The van der Waals surface area contributed by atoms with E-state index in [1.807, 2.05) is 39.8 Å². The predicted molar refractivity (Wildman–Crippen MR) is 177 cm³/mol. The van der Waals surface area contributed by atoms with E-state index in [0.717, 1.165) is 22.3 Å². The van der Waals surface area contributed by atoms with E-state index in [9.17, 15) is 10.2 Å². The Balaban J connectivity index is 0. The van der Waals surface area contributed by atoms with E-state index >= 15 is 0 Å². The molecule has 0 radical (unpaired) electrons.